The van der Waals surface area contributed by atoms with Crippen LogP contribution in [0.1, 0.15) is 102 Å². The molecule has 182 valence electrons. The number of hydrogen-bond donors (Lipinski definition) is 1. The molecule has 0 saturated heterocycles. The Balaban J connectivity index is 2.04. The summed E-state index contributed by atoms with van der Waals surface area (Å²) in [5.41, 5.74) is 0.795. The van der Waals surface area contributed by atoms with Crippen LogP contribution < -0.4 is 9.47 Å². The van der Waals surface area contributed by atoms with Gasteiger partial charge in [0.25, 0.3) is 0 Å². The van der Waals surface area contributed by atoms with Crippen molar-refractivity contribution in [3.63, 3.8) is 0 Å². The summed E-state index contributed by atoms with van der Waals surface area (Å²) in [5, 5.41) is 9.93. The summed E-state index contributed by atoms with van der Waals surface area (Å²) in [6, 6.07) is 3.40. The molecular weight excluding hydrogens is 404 g/mol. The Hall–Kier alpha value is -2.17. The molecule has 0 aliphatic heterocycles. The smallest absolute Gasteiger partial charge is 0.306 e. The van der Waals surface area contributed by atoms with Gasteiger partial charge in [-0.1, -0.05) is 90.0 Å². The first-order chi connectivity index (χ1) is 15.6. The number of carbonyl (C=O) groups excluding carboxylic acids is 1. The third-order valence-electron chi connectivity index (χ3n) is 5.64. The van der Waals surface area contributed by atoms with Crippen molar-refractivity contribution in [2.24, 2.45) is 0 Å². The lowest BCUT2D eigenvalue weighted by Crippen LogP contribution is -2.04. The van der Waals surface area contributed by atoms with Crippen LogP contribution in [0.3, 0.4) is 0 Å². The Labute approximate surface area is 195 Å². The van der Waals surface area contributed by atoms with Crippen LogP contribution in [-0.4, -0.2) is 31.9 Å². The number of ether oxygens (including phenoxy) is 3. The van der Waals surface area contributed by atoms with E-state index in [1.165, 1.54) is 84.8 Å². The summed E-state index contributed by atoms with van der Waals surface area (Å²) in [6.07, 6.45) is 20.8. The minimum Gasteiger partial charge on any atom is -0.502 e. The first-order valence-corrected chi connectivity index (χ1v) is 12.4. The maximum Gasteiger partial charge on any atom is 0.306 e. The van der Waals surface area contributed by atoms with Gasteiger partial charge >= 0.3 is 5.97 Å². The summed E-state index contributed by atoms with van der Waals surface area (Å²) in [7, 11) is 2.97. The third kappa shape index (κ3) is 12.6. The Morgan fingerprint density at radius 1 is 0.812 bits per heavy atom. The molecule has 0 aliphatic carbocycles. The maximum atomic E-state index is 11.9. The molecule has 0 heterocycles. The van der Waals surface area contributed by atoms with Gasteiger partial charge < -0.3 is 19.3 Å². The second-order valence-electron chi connectivity index (χ2n) is 8.35. The van der Waals surface area contributed by atoms with Gasteiger partial charge in [-0.15, -0.1) is 0 Å². The molecule has 1 N–H and O–H groups in total. The van der Waals surface area contributed by atoms with Gasteiger partial charge in [-0.3, -0.25) is 4.79 Å². The molecule has 0 radical (unpaired) electrons. The van der Waals surface area contributed by atoms with E-state index < -0.39 is 0 Å². The predicted molar refractivity (Wildman–Crippen MR) is 132 cm³/mol. The second kappa shape index (κ2) is 18.4. The number of carbonyl (C=O) groups is 1. The van der Waals surface area contributed by atoms with Crippen LogP contribution in [0.25, 0.3) is 6.08 Å². The number of unbranched alkanes of at least 4 members (excludes halogenated alkanes) is 12. The summed E-state index contributed by atoms with van der Waals surface area (Å²) in [6.45, 7) is 2.49. The zero-order chi connectivity index (χ0) is 23.4. The van der Waals surface area contributed by atoms with Crippen molar-refractivity contribution >= 4 is 12.0 Å². The van der Waals surface area contributed by atoms with E-state index in [-0.39, 0.29) is 18.3 Å². The van der Waals surface area contributed by atoms with Gasteiger partial charge in [0, 0.05) is 6.42 Å². The minimum absolute atomic E-state index is 0.0311. The molecule has 0 atom stereocenters. The van der Waals surface area contributed by atoms with Crippen LogP contribution in [0, 0.1) is 0 Å². The molecule has 0 saturated carbocycles. The highest BCUT2D eigenvalue weighted by molar-refractivity contribution is 5.69. The fraction of sp³-hybridized carbons (Fsp3) is 0.667. The summed E-state index contributed by atoms with van der Waals surface area (Å²) in [5.74, 6) is 0.488. The van der Waals surface area contributed by atoms with Crippen molar-refractivity contribution in [1.29, 1.82) is 0 Å². The van der Waals surface area contributed by atoms with Crippen LogP contribution in [0.5, 0.6) is 17.2 Å². The van der Waals surface area contributed by atoms with Crippen molar-refractivity contribution in [1.82, 2.24) is 0 Å². The Morgan fingerprint density at radius 2 is 1.28 bits per heavy atom. The summed E-state index contributed by atoms with van der Waals surface area (Å²) < 4.78 is 15.5. The molecule has 0 aliphatic rings. The van der Waals surface area contributed by atoms with Crippen molar-refractivity contribution in [3.8, 4) is 17.2 Å². The molecule has 0 unspecified atom stereocenters. The van der Waals surface area contributed by atoms with E-state index >= 15 is 0 Å². The molecule has 0 aromatic heterocycles. The standard InChI is InChI=1S/C27H44O5/c1-4-5-6-7-8-9-10-11-12-13-14-15-16-19-26(28)32-20-17-18-23-21-24(30-2)27(29)25(22-23)31-3/h17-18,21-22,29H,4-16,19-20H2,1-3H3/b18-17+. The lowest BCUT2D eigenvalue weighted by Gasteiger charge is -2.09. The number of esters is 1. The molecule has 5 nitrogen and oxygen atoms in total. The number of phenols is 1. The Morgan fingerprint density at radius 3 is 1.75 bits per heavy atom. The fourth-order valence-corrected chi connectivity index (χ4v) is 3.69. The predicted octanol–water partition coefficient (Wildman–Crippen LogP) is 7.45. The van der Waals surface area contributed by atoms with E-state index in [4.69, 9.17) is 14.2 Å². The van der Waals surface area contributed by atoms with Crippen LogP contribution in [0.15, 0.2) is 18.2 Å². The minimum atomic E-state index is -0.154. The average molecular weight is 449 g/mol. The van der Waals surface area contributed by atoms with Crippen molar-refractivity contribution in [3.05, 3.63) is 23.8 Å². The third-order valence-corrected chi connectivity index (χ3v) is 5.64. The normalized spacial score (nSPS) is 11.1. The fourth-order valence-electron chi connectivity index (χ4n) is 3.69. The molecule has 1 rings (SSSR count). The summed E-state index contributed by atoms with van der Waals surface area (Å²) >= 11 is 0. The zero-order valence-electron chi connectivity index (χ0n) is 20.5. The van der Waals surface area contributed by atoms with Gasteiger partial charge in [0.1, 0.15) is 6.61 Å². The van der Waals surface area contributed by atoms with E-state index in [1.54, 1.807) is 18.2 Å². The summed E-state index contributed by atoms with van der Waals surface area (Å²) in [4.78, 5) is 11.9. The molecule has 0 amide bonds. The first-order valence-electron chi connectivity index (χ1n) is 12.4. The van der Waals surface area contributed by atoms with Gasteiger partial charge in [0.15, 0.2) is 11.5 Å². The van der Waals surface area contributed by atoms with Gasteiger partial charge in [-0.05, 0) is 30.2 Å². The lowest BCUT2D eigenvalue weighted by atomic mass is 10.0. The van der Waals surface area contributed by atoms with E-state index in [2.05, 4.69) is 6.92 Å². The number of hydrogen-bond acceptors (Lipinski definition) is 5. The molecule has 1 aromatic rings. The largest absolute Gasteiger partial charge is 0.502 e. The highest BCUT2D eigenvalue weighted by atomic mass is 16.5. The molecule has 0 fully saturated rings. The van der Waals surface area contributed by atoms with Crippen LogP contribution in [0.4, 0.5) is 0 Å². The van der Waals surface area contributed by atoms with Crippen molar-refractivity contribution < 1.29 is 24.1 Å². The molecule has 0 spiro atoms. The topological polar surface area (TPSA) is 65.0 Å². The quantitative estimate of drug-likeness (QED) is 0.176. The van der Waals surface area contributed by atoms with Gasteiger partial charge in [-0.2, -0.15) is 0 Å². The van der Waals surface area contributed by atoms with Crippen LogP contribution in [-0.2, 0) is 9.53 Å². The molecule has 5 heteroatoms. The second-order valence-corrected chi connectivity index (χ2v) is 8.35. The number of methoxy groups -OCH3 is 2. The van der Waals surface area contributed by atoms with E-state index in [9.17, 15) is 9.90 Å². The zero-order valence-corrected chi connectivity index (χ0v) is 20.5. The number of phenolic OH excluding ortho intramolecular Hbond substituents is 1. The van der Waals surface area contributed by atoms with E-state index in [0.717, 1.165) is 18.4 Å². The highest BCUT2D eigenvalue weighted by Crippen LogP contribution is 2.37. The van der Waals surface area contributed by atoms with Crippen LogP contribution in [0.2, 0.25) is 0 Å². The molecule has 32 heavy (non-hydrogen) atoms. The first kappa shape index (κ1) is 27.9. The average Bonchev–Trinajstić information content (AvgIpc) is 2.80. The van der Waals surface area contributed by atoms with Crippen molar-refractivity contribution in [2.75, 3.05) is 20.8 Å². The SMILES string of the molecule is CCCCCCCCCCCCCCCC(=O)OC/C=C/c1cc(OC)c(O)c(OC)c1. The Bertz CT molecular complexity index is 628. The maximum absolute atomic E-state index is 11.9. The van der Waals surface area contributed by atoms with Crippen LogP contribution >= 0.6 is 0 Å². The Kier molecular flexibility index (Phi) is 16.0. The molecule has 0 bridgehead atoms. The van der Waals surface area contributed by atoms with Gasteiger partial charge in [0.2, 0.25) is 5.75 Å². The van der Waals surface area contributed by atoms with Gasteiger partial charge in [-0.25, -0.2) is 0 Å². The number of aromatic hydroxyl groups is 1. The van der Waals surface area contributed by atoms with Crippen molar-refractivity contribution in [2.45, 2.75) is 96.8 Å². The monoisotopic (exact) mass is 448 g/mol. The van der Waals surface area contributed by atoms with E-state index in [1.807, 2.05) is 6.08 Å². The number of rotatable bonds is 19. The number of benzene rings is 1. The van der Waals surface area contributed by atoms with E-state index in [0.29, 0.717) is 17.9 Å². The highest BCUT2D eigenvalue weighted by Gasteiger charge is 2.09. The molecule has 1 aromatic carbocycles. The molecular formula is C27H44O5. The lowest BCUT2D eigenvalue weighted by molar-refractivity contribution is -0.142. The van der Waals surface area contributed by atoms with Gasteiger partial charge in [0.05, 0.1) is 14.2 Å².